The van der Waals surface area contributed by atoms with Crippen LogP contribution < -0.4 is 20.7 Å². The molecule has 0 heterocycles. The second kappa shape index (κ2) is 9.22. The molecule has 0 saturated heterocycles. The van der Waals surface area contributed by atoms with Crippen LogP contribution in [0.25, 0.3) is 0 Å². The van der Waals surface area contributed by atoms with Crippen LogP contribution in [0.15, 0.2) is 48.5 Å². The van der Waals surface area contributed by atoms with E-state index in [-0.39, 0.29) is 30.8 Å². The molecule has 0 aliphatic carbocycles. The monoisotopic (exact) mass is 355 g/mol. The van der Waals surface area contributed by atoms with Gasteiger partial charge in [-0.2, -0.15) is 0 Å². The van der Waals surface area contributed by atoms with Gasteiger partial charge in [0.2, 0.25) is 5.91 Å². The molecule has 0 aliphatic rings. The van der Waals surface area contributed by atoms with Crippen molar-refractivity contribution in [3.8, 4) is 5.75 Å². The Morgan fingerprint density at radius 1 is 0.923 bits per heavy atom. The van der Waals surface area contributed by atoms with E-state index in [1.165, 1.54) is 14.0 Å². The van der Waals surface area contributed by atoms with E-state index in [9.17, 15) is 14.4 Å². The van der Waals surface area contributed by atoms with E-state index in [2.05, 4.69) is 16.0 Å². The molecule has 136 valence electrons. The van der Waals surface area contributed by atoms with Crippen LogP contribution in [-0.4, -0.2) is 37.9 Å². The predicted molar refractivity (Wildman–Crippen MR) is 98.4 cm³/mol. The number of benzene rings is 2. The first-order valence-corrected chi connectivity index (χ1v) is 8.08. The Bertz CT molecular complexity index is 805. The van der Waals surface area contributed by atoms with Crippen LogP contribution >= 0.6 is 0 Å². The SMILES string of the molecule is COc1ccccc1C(=O)NCCNC(=O)c1cccc(NC(C)=O)c1. The highest BCUT2D eigenvalue weighted by atomic mass is 16.5. The van der Waals surface area contributed by atoms with E-state index in [1.807, 2.05) is 0 Å². The summed E-state index contributed by atoms with van der Waals surface area (Å²) in [5.41, 5.74) is 1.41. The Balaban J connectivity index is 1.83. The Morgan fingerprint density at radius 2 is 1.62 bits per heavy atom. The highest BCUT2D eigenvalue weighted by Gasteiger charge is 2.11. The maximum Gasteiger partial charge on any atom is 0.255 e. The van der Waals surface area contributed by atoms with E-state index >= 15 is 0 Å². The Kier molecular flexibility index (Phi) is 6.73. The first-order valence-electron chi connectivity index (χ1n) is 8.08. The molecule has 0 fully saturated rings. The summed E-state index contributed by atoms with van der Waals surface area (Å²) in [6.07, 6.45) is 0. The van der Waals surface area contributed by atoms with Gasteiger partial charge < -0.3 is 20.7 Å². The van der Waals surface area contributed by atoms with Crippen molar-refractivity contribution in [2.45, 2.75) is 6.92 Å². The normalized spacial score (nSPS) is 9.92. The Labute approximate surface area is 151 Å². The second-order valence-corrected chi connectivity index (χ2v) is 5.47. The first-order chi connectivity index (χ1) is 12.5. The van der Waals surface area contributed by atoms with Crippen LogP contribution in [-0.2, 0) is 4.79 Å². The zero-order chi connectivity index (χ0) is 18.9. The Hall–Kier alpha value is -3.35. The predicted octanol–water partition coefficient (Wildman–Crippen LogP) is 1.81. The third-order valence-corrected chi connectivity index (χ3v) is 3.49. The molecule has 0 aliphatic heterocycles. The van der Waals surface area contributed by atoms with E-state index in [0.717, 1.165) is 0 Å². The van der Waals surface area contributed by atoms with E-state index in [1.54, 1.807) is 48.5 Å². The highest BCUT2D eigenvalue weighted by molar-refractivity contribution is 5.97. The van der Waals surface area contributed by atoms with Crippen LogP contribution in [0.4, 0.5) is 5.69 Å². The largest absolute Gasteiger partial charge is 0.496 e. The second-order valence-electron chi connectivity index (χ2n) is 5.47. The fourth-order valence-electron chi connectivity index (χ4n) is 2.32. The molecule has 0 unspecified atom stereocenters. The molecule has 7 nitrogen and oxygen atoms in total. The number of ether oxygens (including phenoxy) is 1. The van der Waals surface area contributed by atoms with Gasteiger partial charge in [0.05, 0.1) is 12.7 Å². The third kappa shape index (κ3) is 5.34. The summed E-state index contributed by atoms with van der Waals surface area (Å²) in [6.45, 7) is 1.94. The number of methoxy groups -OCH3 is 1. The lowest BCUT2D eigenvalue weighted by molar-refractivity contribution is -0.114. The highest BCUT2D eigenvalue weighted by Crippen LogP contribution is 2.16. The summed E-state index contributed by atoms with van der Waals surface area (Å²) >= 11 is 0. The van der Waals surface area contributed by atoms with E-state index in [4.69, 9.17) is 4.74 Å². The minimum atomic E-state index is -0.288. The van der Waals surface area contributed by atoms with Crippen LogP contribution in [0.2, 0.25) is 0 Å². The van der Waals surface area contributed by atoms with Gasteiger partial charge in [-0.1, -0.05) is 18.2 Å². The van der Waals surface area contributed by atoms with Crippen molar-refractivity contribution in [3.63, 3.8) is 0 Å². The number of nitrogens with one attached hydrogen (secondary N) is 3. The number of anilines is 1. The van der Waals surface area contributed by atoms with Crippen LogP contribution in [0.1, 0.15) is 27.6 Å². The molecule has 0 atom stereocenters. The average Bonchev–Trinajstić information content (AvgIpc) is 2.64. The standard InChI is InChI=1S/C19H21N3O4/c1-13(23)22-15-7-5-6-14(12-15)18(24)20-10-11-21-19(25)16-8-3-4-9-17(16)26-2/h3-9,12H,10-11H2,1-2H3,(H,20,24)(H,21,25)(H,22,23). The maximum atomic E-state index is 12.1. The smallest absolute Gasteiger partial charge is 0.255 e. The molecule has 0 aromatic heterocycles. The molecule has 26 heavy (non-hydrogen) atoms. The minimum absolute atomic E-state index is 0.207. The van der Waals surface area contributed by atoms with Gasteiger partial charge in [-0.15, -0.1) is 0 Å². The summed E-state index contributed by atoms with van der Waals surface area (Å²) in [6, 6.07) is 13.5. The lowest BCUT2D eigenvalue weighted by Gasteiger charge is -2.10. The van der Waals surface area contributed by atoms with Gasteiger partial charge in [-0.25, -0.2) is 0 Å². The molecule has 0 saturated carbocycles. The topological polar surface area (TPSA) is 96.5 Å². The molecule has 3 amide bonds. The summed E-state index contributed by atoms with van der Waals surface area (Å²) in [5, 5.41) is 8.07. The minimum Gasteiger partial charge on any atom is -0.496 e. The number of carbonyl (C=O) groups excluding carboxylic acids is 3. The molecule has 2 aromatic rings. The van der Waals surface area contributed by atoms with Crippen LogP contribution in [0.5, 0.6) is 5.75 Å². The van der Waals surface area contributed by atoms with Gasteiger partial charge in [0.25, 0.3) is 11.8 Å². The number of rotatable bonds is 7. The molecule has 7 heteroatoms. The Morgan fingerprint density at radius 3 is 2.31 bits per heavy atom. The van der Waals surface area contributed by atoms with Gasteiger partial charge in [-0.05, 0) is 30.3 Å². The van der Waals surface area contributed by atoms with Crippen molar-refractivity contribution in [2.75, 3.05) is 25.5 Å². The molecule has 0 spiro atoms. The number of hydrogen-bond acceptors (Lipinski definition) is 4. The van der Waals surface area contributed by atoms with Gasteiger partial charge in [0, 0.05) is 31.3 Å². The summed E-state index contributed by atoms with van der Waals surface area (Å²) < 4.78 is 5.15. The summed E-state index contributed by atoms with van der Waals surface area (Å²) in [4.78, 5) is 35.4. The van der Waals surface area contributed by atoms with Crippen molar-refractivity contribution < 1.29 is 19.1 Å². The molecule has 3 N–H and O–H groups in total. The number of amides is 3. The molecule has 0 bridgehead atoms. The lowest BCUT2D eigenvalue weighted by Crippen LogP contribution is -2.34. The summed E-state index contributed by atoms with van der Waals surface area (Å²) in [7, 11) is 1.50. The van der Waals surface area contributed by atoms with E-state index < -0.39 is 0 Å². The van der Waals surface area contributed by atoms with Crippen LogP contribution in [0, 0.1) is 0 Å². The zero-order valence-corrected chi connectivity index (χ0v) is 14.7. The van der Waals surface area contributed by atoms with E-state index in [0.29, 0.717) is 22.6 Å². The fourth-order valence-corrected chi connectivity index (χ4v) is 2.32. The molecule has 0 radical (unpaired) electrons. The summed E-state index contributed by atoms with van der Waals surface area (Å²) in [5.74, 6) is -0.279. The molecular formula is C19H21N3O4. The molecular weight excluding hydrogens is 334 g/mol. The maximum absolute atomic E-state index is 12.1. The van der Waals surface area contributed by atoms with Gasteiger partial charge in [0.15, 0.2) is 0 Å². The van der Waals surface area contributed by atoms with Crippen molar-refractivity contribution in [3.05, 3.63) is 59.7 Å². The quantitative estimate of drug-likeness (QED) is 0.660. The van der Waals surface area contributed by atoms with Crippen molar-refractivity contribution >= 4 is 23.4 Å². The van der Waals surface area contributed by atoms with Crippen molar-refractivity contribution in [1.29, 1.82) is 0 Å². The molecule has 2 rings (SSSR count). The first kappa shape index (κ1) is 19.0. The average molecular weight is 355 g/mol. The van der Waals surface area contributed by atoms with Crippen molar-refractivity contribution in [2.24, 2.45) is 0 Å². The van der Waals surface area contributed by atoms with Crippen LogP contribution in [0.3, 0.4) is 0 Å². The van der Waals surface area contributed by atoms with Gasteiger partial charge in [0.1, 0.15) is 5.75 Å². The molecule has 2 aromatic carbocycles. The number of para-hydroxylation sites is 1. The lowest BCUT2D eigenvalue weighted by atomic mass is 10.2. The third-order valence-electron chi connectivity index (χ3n) is 3.49. The van der Waals surface area contributed by atoms with Gasteiger partial charge >= 0.3 is 0 Å². The van der Waals surface area contributed by atoms with Gasteiger partial charge in [-0.3, -0.25) is 14.4 Å². The number of hydrogen-bond donors (Lipinski definition) is 3. The van der Waals surface area contributed by atoms with Crippen molar-refractivity contribution in [1.82, 2.24) is 10.6 Å². The number of carbonyl (C=O) groups is 3. The zero-order valence-electron chi connectivity index (χ0n) is 14.7. The fraction of sp³-hybridized carbons (Fsp3) is 0.211.